The number of thioether (sulfide) groups is 1. The third-order valence-electron chi connectivity index (χ3n) is 3.93. The molecule has 0 amide bonds. The van der Waals surface area contributed by atoms with E-state index in [4.69, 9.17) is 0 Å². The summed E-state index contributed by atoms with van der Waals surface area (Å²) in [5.74, 6) is 0. The molecule has 0 radical (unpaired) electrons. The van der Waals surface area contributed by atoms with Crippen LogP contribution < -0.4 is 11.0 Å². The summed E-state index contributed by atoms with van der Waals surface area (Å²) in [7, 11) is 3.78. The number of aromatic nitrogens is 3. The standard InChI is InChI=1S/C12H22N4OS/c1-12(2)7-5-6-8(9(12)13-3)18-11-15-14-10(17)16(11)4/h8-9,13H,5-7H2,1-4H3,(H,14,17). The van der Waals surface area contributed by atoms with Gasteiger partial charge in [0.1, 0.15) is 0 Å². The fraction of sp³-hybridized carbons (Fsp3) is 0.833. The second-order valence-electron chi connectivity index (χ2n) is 5.67. The average molecular weight is 270 g/mol. The normalized spacial score (nSPS) is 27.3. The molecule has 1 aliphatic carbocycles. The van der Waals surface area contributed by atoms with E-state index in [0.29, 0.717) is 16.7 Å². The molecule has 1 saturated carbocycles. The van der Waals surface area contributed by atoms with Gasteiger partial charge in [0.2, 0.25) is 0 Å². The Kier molecular flexibility index (Phi) is 3.87. The highest BCUT2D eigenvalue weighted by Crippen LogP contribution is 2.41. The molecule has 0 spiro atoms. The van der Waals surface area contributed by atoms with Crippen molar-refractivity contribution in [1.82, 2.24) is 20.1 Å². The van der Waals surface area contributed by atoms with Crippen molar-refractivity contribution in [1.29, 1.82) is 0 Å². The predicted octanol–water partition coefficient (Wildman–Crippen LogP) is 1.37. The largest absolute Gasteiger partial charge is 0.343 e. The van der Waals surface area contributed by atoms with Crippen LogP contribution in [0.25, 0.3) is 0 Å². The van der Waals surface area contributed by atoms with E-state index in [1.807, 2.05) is 7.05 Å². The van der Waals surface area contributed by atoms with Gasteiger partial charge in [0.05, 0.1) is 0 Å². The zero-order valence-electron chi connectivity index (χ0n) is 11.5. The molecule has 0 aromatic carbocycles. The maximum absolute atomic E-state index is 11.4. The van der Waals surface area contributed by atoms with Gasteiger partial charge in [0.15, 0.2) is 5.16 Å². The molecule has 2 rings (SSSR count). The summed E-state index contributed by atoms with van der Waals surface area (Å²) >= 11 is 1.71. The van der Waals surface area contributed by atoms with Crippen molar-refractivity contribution < 1.29 is 0 Å². The van der Waals surface area contributed by atoms with E-state index in [2.05, 4.69) is 29.4 Å². The lowest BCUT2D eigenvalue weighted by Crippen LogP contribution is -2.50. The third-order valence-corrected chi connectivity index (χ3v) is 5.32. The Balaban J connectivity index is 2.17. The van der Waals surface area contributed by atoms with Gasteiger partial charge in [-0.3, -0.25) is 4.57 Å². The Hall–Kier alpha value is -0.750. The highest BCUT2D eigenvalue weighted by Gasteiger charge is 2.39. The summed E-state index contributed by atoms with van der Waals surface area (Å²) in [6.07, 6.45) is 3.65. The molecular weight excluding hydrogens is 248 g/mol. The van der Waals surface area contributed by atoms with Gasteiger partial charge in [-0.05, 0) is 25.3 Å². The van der Waals surface area contributed by atoms with Gasteiger partial charge in [-0.2, -0.15) is 0 Å². The number of hydrogen-bond donors (Lipinski definition) is 2. The van der Waals surface area contributed by atoms with Crippen LogP contribution in [0.4, 0.5) is 0 Å². The smallest absolute Gasteiger partial charge is 0.315 e. The molecule has 2 unspecified atom stereocenters. The van der Waals surface area contributed by atoms with E-state index < -0.39 is 0 Å². The minimum atomic E-state index is -0.145. The minimum Gasteiger partial charge on any atom is -0.315 e. The first kappa shape index (κ1) is 13.7. The molecule has 0 aliphatic heterocycles. The van der Waals surface area contributed by atoms with Crippen LogP contribution in [0.2, 0.25) is 0 Å². The number of rotatable bonds is 3. The quantitative estimate of drug-likeness (QED) is 0.871. The second-order valence-corrected chi connectivity index (χ2v) is 6.88. The monoisotopic (exact) mass is 270 g/mol. The summed E-state index contributed by atoms with van der Waals surface area (Å²) in [5.41, 5.74) is 0.147. The topological polar surface area (TPSA) is 62.7 Å². The first-order chi connectivity index (χ1) is 8.45. The Labute approximate surface area is 112 Å². The fourth-order valence-electron chi connectivity index (χ4n) is 2.86. The summed E-state index contributed by atoms with van der Waals surface area (Å²) in [6, 6.07) is 0.447. The number of H-pyrrole nitrogens is 1. The van der Waals surface area contributed by atoms with Gasteiger partial charge in [0.25, 0.3) is 0 Å². The SMILES string of the molecule is CNC1C(Sc2n[nH]c(=O)n2C)CCCC1(C)C. The second kappa shape index (κ2) is 5.09. The lowest BCUT2D eigenvalue weighted by molar-refractivity contribution is 0.182. The zero-order chi connectivity index (χ0) is 13.3. The Morgan fingerprint density at radius 1 is 1.56 bits per heavy atom. The van der Waals surface area contributed by atoms with Crippen LogP contribution >= 0.6 is 11.8 Å². The molecule has 1 heterocycles. The number of aromatic amines is 1. The van der Waals surface area contributed by atoms with Crippen molar-refractivity contribution in [3.8, 4) is 0 Å². The van der Waals surface area contributed by atoms with Crippen molar-refractivity contribution >= 4 is 11.8 Å². The Morgan fingerprint density at radius 3 is 2.83 bits per heavy atom. The van der Waals surface area contributed by atoms with Gasteiger partial charge < -0.3 is 5.32 Å². The van der Waals surface area contributed by atoms with E-state index in [1.165, 1.54) is 19.3 Å². The van der Waals surface area contributed by atoms with Gasteiger partial charge in [-0.25, -0.2) is 9.89 Å². The number of nitrogens with one attached hydrogen (secondary N) is 2. The zero-order valence-corrected chi connectivity index (χ0v) is 12.3. The molecule has 2 N–H and O–H groups in total. The molecule has 0 saturated heterocycles. The highest BCUT2D eigenvalue weighted by atomic mass is 32.2. The van der Waals surface area contributed by atoms with Crippen molar-refractivity contribution in [3.05, 3.63) is 10.5 Å². The number of nitrogens with zero attached hydrogens (tertiary/aromatic N) is 2. The fourth-order valence-corrected chi connectivity index (χ4v) is 4.40. The summed E-state index contributed by atoms with van der Waals surface area (Å²) < 4.78 is 1.58. The van der Waals surface area contributed by atoms with Crippen molar-refractivity contribution in [2.75, 3.05) is 7.05 Å². The van der Waals surface area contributed by atoms with E-state index in [0.717, 1.165) is 5.16 Å². The minimum absolute atomic E-state index is 0.145. The van der Waals surface area contributed by atoms with E-state index in [9.17, 15) is 4.79 Å². The van der Waals surface area contributed by atoms with Crippen molar-refractivity contribution in [2.24, 2.45) is 12.5 Å². The van der Waals surface area contributed by atoms with Gasteiger partial charge >= 0.3 is 5.69 Å². The molecular formula is C12H22N4OS. The average Bonchev–Trinajstić information content (AvgIpc) is 2.60. The lowest BCUT2D eigenvalue weighted by atomic mass is 9.73. The first-order valence-corrected chi connectivity index (χ1v) is 7.29. The lowest BCUT2D eigenvalue weighted by Gasteiger charge is -2.43. The van der Waals surface area contributed by atoms with E-state index in [-0.39, 0.29) is 5.69 Å². The maximum atomic E-state index is 11.4. The van der Waals surface area contributed by atoms with E-state index >= 15 is 0 Å². The molecule has 1 aromatic heterocycles. The molecule has 18 heavy (non-hydrogen) atoms. The van der Waals surface area contributed by atoms with Crippen LogP contribution in [0.3, 0.4) is 0 Å². The van der Waals surface area contributed by atoms with E-state index in [1.54, 1.807) is 23.4 Å². The van der Waals surface area contributed by atoms with Crippen LogP contribution in [-0.2, 0) is 7.05 Å². The van der Waals surface area contributed by atoms with Crippen LogP contribution in [0.5, 0.6) is 0 Å². The highest BCUT2D eigenvalue weighted by molar-refractivity contribution is 7.99. The Morgan fingerprint density at radius 2 is 2.28 bits per heavy atom. The summed E-state index contributed by atoms with van der Waals surface area (Å²) in [5, 5.41) is 11.3. The summed E-state index contributed by atoms with van der Waals surface area (Å²) in [6.45, 7) is 4.62. The third kappa shape index (κ3) is 2.49. The molecule has 102 valence electrons. The Bertz CT molecular complexity index is 465. The first-order valence-electron chi connectivity index (χ1n) is 6.41. The molecule has 5 nitrogen and oxygen atoms in total. The summed E-state index contributed by atoms with van der Waals surface area (Å²) in [4.78, 5) is 11.4. The molecule has 1 fully saturated rings. The molecule has 0 bridgehead atoms. The van der Waals surface area contributed by atoms with Crippen LogP contribution in [0.1, 0.15) is 33.1 Å². The maximum Gasteiger partial charge on any atom is 0.343 e. The molecule has 1 aromatic rings. The molecule has 6 heteroatoms. The van der Waals surface area contributed by atoms with Crippen LogP contribution in [-0.4, -0.2) is 33.1 Å². The van der Waals surface area contributed by atoms with Crippen molar-refractivity contribution in [3.63, 3.8) is 0 Å². The molecule has 1 aliphatic rings. The molecule has 2 atom stereocenters. The van der Waals surface area contributed by atoms with Gasteiger partial charge in [-0.15, -0.1) is 5.10 Å². The van der Waals surface area contributed by atoms with Crippen LogP contribution in [0.15, 0.2) is 9.95 Å². The van der Waals surface area contributed by atoms with Crippen LogP contribution in [0, 0.1) is 5.41 Å². The predicted molar refractivity (Wildman–Crippen MR) is 74.0 cm³/mol. The van der Waals surface area contributed by atoms with Gasteiger partial charge in [0, 0.05) is 18.3 Å². The van der Waals surface area contributed by atoms with Crippen molar-refractivity contribution in [2.45, 2.75) is 49.6 Å². The number of hydrogen-bond acceptors (Lipinski definition) is 4. The van der Waals surface area contributed by atoms with Gasteiger partial charge in [-0.1, -0.05) is 32.0 Å².